The zero-order chi connectivity index (χ0) is 12.1. The van der Waals surface area contributed by atoms with E-state index in [2.05, 4.69) is 5.32 Å². The fourth-order valence-corrected chi connectivity index (χ4v) is 3.63. The van der Waals surface area contributed by atoms with Crippen LogP contribution >= 0.6 is 11.8 Å². The summed E-state index contributed by atoms with van der Waals surface area (Å²) in [6.45, 7) is 2.26. The number of thioether (sulfide) groups is 1. The molecule has 2 fully saturated rings. The second-order valence-corrected chi connectivity index (χ2v) is 6.26. The van der Waals surface area contributed by atoms with Crippen molar-refractivity contribution in [2.24, 2.45) is 11.7 Å². The molecule has 0 aromatic rings. The molecule has 98 valence electrons. The molecule has 0 saturated carbocycles. The summed E-state index contributed by atoms with van der Waals surface area (Å²) in [6, 6.07) is -0.356. The lowest BCUT2D eigenvalue weighted by Crippen LogP contribution is -2.48. The van der Waals surface area contributed by atoms with Crippen LogP contribution in [0.4, 0.5) is 0 Å². The Morgan fingerprint density at radius 2 is 2.18 bits per heavy atom. The Morgan fingerprint density at radius 3 is 2.82 bits per heavy atom. The van der Waals surface area contributed by atoms with Gasteiger partial charge >= 0.3 is 0 Å². The third-order valence-electron chi connectivity index (χ3n) is 3.60. The summed E-state index contributed by atoms with van der Waals surface area (Å²) in [5, 5.41) is 3.59. The fraction of sp³-hybridized carbons (Fsp3) is 0.917. The predicted octanol–water partition coefficient (Wildman–Crippen LogP) is 0.752. The van der Waals surface area contributed by atoms with E-state index in [-0.39, 0.29) is 11.9 Å². The molecule has 0 spiro atoms. The summed E-state index contributed by atoms with van der Waals surface area (Å²) in [5.74, 6) is 1.54. The quantitative estimate of drug-likeness (QED) is 0.781. The van der Waals surface area contributed by atoms with Crippen molar-refractivity contribution in [1.29, 1.82) is 0 Å². The lowest BCUT2D eigenvalue weighted by molar-refractivity contribution is -0.124. The molecular weight excluding hydrogens is 236 g/mol. The molecule has 0 aromatic carbocycles. The Hall–Kier alpha value is -0.260. The summed E-state index contributed by atoms with van der Waals surface area (Å²) in [4.78, 5) is 11.9. The highest BCUT2D eigenvalue weighted by Crippen LogP contribution is 2.25. The molecule has 2 aliphatic heterocycles. The maximum Gasteiger partial charge on any atom is 0.237 e. The monoisotopic (exact) mass is 258 g/mol. The van der Waals surface area contributed by atoms with Crippen LogP contribution in [0.1, 0.15) is 25.7 Å². The van der Waals surface area contributed by atoms with Gasteiger partial charge in [0.1, 0.15) is 0 Å². The van der Waals surface area contributed by atoms with Crippen LogP contribution in [-0.2, 0) is 9.53 Å². The van der Waals surface area contributed by atoms with Crippen molar-refractivity contribution in [3.8, 4) is 0 Å². The van der Waals surface area contributed by atoms with Gasteiger partial charge in [0.2, 0.25) is 5.91 Å². The molecule has 0 aliphatic carbocycles. The third-order valence-corrected chi connectivity index (χ3v) is 5.00. The number of amides is 1. The first-order valence-electron chi connectivity index (χ1n) is 6.50. The van der Waals surface area contributed by atoms with E-state index in [0.29, 0.717) is 11.2 Å². The highest BCUT2D eigenvalue weighted by atomic mass is 32.2. The van der Waals surface area contributed by atoms with E-state index >= 15 is 0 Å². The van der Waals surface area contributed by atoms with Crippen LogP contribution in [0, 0.1) is 5.92 Å². The molecule has 2 aliphatic rings. The topological polar surface area (TPSA) is 64.4 Å². The lowest BCUT2D eigenvalue weighted by atomic mass is 9.92. The number of nitrogens with two attached hydrogens (primary N) is 1. The van der Waals surface area contributed by atoms with E-state index in [1.54, 1.807) is 0 Å². The Morgan fingerprint density at radius 1 is 1.41 bits per heavy atom. The minimum atomic E-state index is -0.356. The average Bonchev–Trinajstić information content (AvgIpc) is 2.89. The normalized spacial score (nSPS) is 27.9. The molecule has 17 heavy (non-hydrogen) atoms. The zero-order valence-corrected chi connectivity index (χ0v) is 11.0. The smallest absolute Gasteiger partial charge is 0.237 e. The minimum Gasteiger partial charge on any atom is -0.381 e. The van der Waals surface area contributed by atoms with Crippen LogP contribution < -0.4 is 11.1 Å². The fourth-order valence-electron chi connectivity index (χ4n) is 2.43. The van der Waals surface area contributed by atoms with Crippen LogP contribution in [0.5, 0.6) is 0 Å². The van der Waals surface area contributed by atoms with Gasteiger partial charge in [0.15, 0.2) is 0 Å². The van der Waals surface area contributed by atoms with Gasteiger partial charge in [-0.3, -0.25) is 4.79 Å². The summed E-state index contributed by atoms with van der Waals surface area (Å²) in [7, 11) is 0. The van der Waals surface area contributed by atoms with Crippen LogP contribution in [0.2, 0.25) is 0 Å². The molecule has 5 heteroatoms. The Balaban J connectivity index is 1.70. The van der Waals surface area contributed by atoms with Gasteiger partial charge in [-0.1, -0.05) is 0 Å². The third kappa shape index (κ3) is 3.86. The highest BCUT2D eigenvalue weighted by molar-refractivity contribution is 8.00. The SMILES string of the molecule is NC(C(=O)NCC1CCCS1)C1CCOCC1. The number of hydrogen-bond donors (Lipinski definition) is 2. The van der Waals surface area contributed by atoms with Crippen LogP contribution in [0.3, 0.4) is 0 Å². The second kappa shape index (κ2) is 6.61. The van der Waals surface area contributed by atoms with Crippen molar-refractivity contribution in [2.45, 2.75) is 37.0 Å². The predicted molar refractivity (Wildman–Crippen MR) is 70.0 cm³/mol. The first-order chi connectivity index (χ1) is 8.27. The van der Waals surface area contributed by atoms with Gasteiger partial charge < -0.3 is 15.8 Å². The molecule has 3 N–H and O–H groups in total. The van der Waals surface area contributed by atoms with Gasteiger partial charge in [0.25, 0.3) is 0 Å². The van der Waals surface area contributed by atoms with Gasteiger partial charge in [0, 0.05) is 25.0 Å². The number of hydrogen-bond acceptors (Lipinski definition) is 4. The largest absolute Gasteiger partial charge is 0.381 e. The Labute approximate surface area is 107 Å². The van der Waals surface area contributed by atoms with Gasteiger partial charge in [-0.15, -0.1) is 0 Å². The van der Waals surface area contributed by atoms with Crippen molar-refractivity contribution in [3.05, 3.63) is 0 Å². The second-order valence-electron chi connectivity index (χ2n) is 4.86. The molecule has 4 nitrogen and oxygen atoms in total. The first-order valence-corrected chi connectivity index (χ1v) is 7.55. The van der Waals surface area contributed by atoms with Crippen molar-refractivity contribution in [2.75, 3.05) is 25.5 Å². The highest BCUT2D eigenvalue weighted by Gasteiger charge is 2.27. The van der Waals surface area contributed by atoms with Gasteiger partial charge in [-0.2, -0.15) is 11.8 Å². The molecular formula is C12H22N2O2S. The van der Waals surface area contributed by atoms with E-state index in [1.807, 2.05) is 11.8 Å². The van der Waals surface area contributed by atoms with E-state index in [1.165, 1.54) is 18.6 Å². The molecule has 2 unspecified atom stereocenters. The number of ether oxygens (including phenoxy) is 1. The maximum absolute atomic E-state index is 11.9. The summed E-state index contributed by atoms with van der Waals surface area (Å²) >= 11 is 1.96. The van der Waals surface area contributed by atoms with E-state index in [9.17, 15) is 4.79 Å². The van der Waals surface area contributed by atoms with Crippen molar-refractivity contribution in [1.82, 2.24) is 5.32 Å². The molecule has 0 radical (unpaired) electrons. The molecule has 1 amide bonds. The van der Waals surface area contributed by atoms with E-state index in [0.717, 1.165) is 32.6 Å². The number of rotatable bonds is 4. The van der Waals surface area contributed by atoms with Crippen LogP contribution in [0.15, 0.2) is 0 Å². The molecule has 0 aromatic heterocycles. The summed E-state index contributed by atoms with van der Waals surface area (Å²) < 4.78 is 5.28. The van der Waals surface area contributed by atoms with Crippen LogP contribution in [0.25, 0.3) is 0 Å². The van der Waals surface area contributed by atoms with Gasteiger partial charge in [-0.05, 0) is 37.4 Å². The first kappa shape index (κ1) is 13.2. The number of carbonyl (C=O) groups is 1. The molecule has 2 saturated heterocycles. The molecule has 2 atom stereocenters. The van der Waals surface area contributed by atoms with Crippen LogP contribution in [-0.4, -0.2) is 42.7 Å². The minimum absolute atomic E-state index is 0.0180. The standard InChI is InChI=1S/C12H22N2O2S/c13-11(9-3-5-16-6-4-9)12(15)14-8-10-2-1-7-17-10/h9-11H,1-8,13H2,(H,14,15). The maximum atomic E-state index is 11.9. The van der Waals surface area contributed by atoms with Crippen molar-refractivity contribution in [3.63, 3.8) is 0 Å². The average molecular weight is 258 g/mol. The van der Waals surface area contributed by atoms with E-state index in [4.69, 9.17) is 10.5 Å². The lowest BCUT2D eigenvalue weighted by Gasteiger charge is -2.27. The van der Waals surface area contributed by atoms with E-state index < -0.39 is 0 Å². The molecule has 2 heterocycles. The van der Waals surface area contributed by atoms with Crippen molar-refractivity contribution >= 4 is 17.7 Å². The Kier molecular flexibility index (Phi) is 5.13. The zero-order valence-electron chi connectivity index (χ0n) is 10.2. The van der Waals surface area contributed by atoms with Gasteiger partial charge in [0.05, 0.1) is 6.04 Å². The number of carbonyl (C=O) groups excluding carboxylic acids is 1. The number of nitrogens with one attached hydrogen (secondary N) is 1. The summed E-state index contributed by atoms with van der Waals surface area (Å²) in [5.41, 5.74) is 6.00. The van der Waals surface area contributed by atoms with Gasteiger partial charge in [-0.25, -0.2) is 0 Å². The van der Waals surface area contributed by atoms with Crippen molar-refractivity contribution < 1.29 is 9.53 Å². The molecule has 2 rings (SSSR count). The summed E-state index contributed by atoms with van der Waals surface area (Å²) in [6.07, 6.45) is 4.31. The Bertz CT molecular complexity index is 251. The molecule has 0 bridgehead atoms.